The summed E-state index contributed by atoms with van der Waals surface area (Å²) in [5.41, 5.74) is 0.949. The lowest BCUT2D eigenvalue weighted by Crippen LogP contribution is -2.21. The van der Waals surface area contributed by atoms with E-state index < -0.39 is 0 Å². The van der Waals surface area contributed by atoms with E-state index in [0.29, 0.717) is 5.92 Å². The van der Waals surface area contributed by atoms with Gasteiger partial charge in [-0.3, -0.25) is 0 Å². The third-order valence-electron chi connectivity index (χ3n) is 3.72. The van der Waals surface area contributed by atoms with Crippen molar-refractivity contribution in [2.45, 2.75) is 32.1 Å². The summed E-state index contributed by atoms with van der Waals surface area (Å²) in [7, 11) is 0. The van der Waals surface area contributed by atoms with Crippen molar-refractivity contribution < 1.29 is 4.39 Å². The second kappa shape index (κ2) is 4.54. The van der Waals surface area contributed by atoms with Gasteiger partial charge in [0.05, 0.1) is 0 Å². The second-order valence-electron chi connectivity index (χ2n) is 5.00. The summed E-state index contributed by atoms with van der Waals surface area (Å²) in [6.45, 7) is 6.40. The van der Waals surface area contributed by atoms with Crippen LogP contribution in [0.4, 0.5) is 4.39 Å². The number of nitrogens with one attached hydrogen (secondary N) is 1. The molecule has 1 aliphatic rings. The lowest BCUT2D eigenvalue weighted by Gasteiger charge is -2.13. The van der Waals surface area contributed by atoms with Crippen LogP contribution < -0.4 is 5.32 Å². The highest BCUT2D eigenvalue weighted by Gasteiger charge is 2.51. The smallest absolute Gasteiger partial charge is 0.126 e. The van der Waals surface area contributed by atoms with Crippen molar-refractivity contribution in [1.82, 2.24) is 5.32 Å². The molecule has 0 amide bonds. The van der Waals surface area contributed by atoms with Gasteiger partial charge < -0.3 is 5.32 Å². The van der Waals surface area contributed by atoms with E-state index in [4.69, 9.17) is 0 Å². The second-order valence-corrected chi connectivity index (χ2v) is 5.00. The van der Waals surface area contributed by atoms with E-state index >= 15 is 0 Å². The molecule has 1 N–H and O–H groups in total. The summed E-state index contributed by atoms with van der Waals surface area (Å²) in [6, 6.07) is 7.18. The molecular formula is C14H20FN. The molecule has 1 aromatic carbocycles. The third-order valence-corrected chi connectivity index (χ3v) is 3.72. The maximum absolute atomic E-state index is 13.7. The SMILES string of the molecule is CCCNCC1CC1(C)c1ccccc1F. The zero-order valence-corrected chi connectivity index (χ0v) is 10.1. The minimum atomic E-state index is -0.0528. The van der Waals surface area contributed by atoms with Crippen molar-refractivity contribution >= 4 is 0 Å². The van der Waals surface area contributed by atoms with Gasteiger partial charge in [0.25, 0.3) is 0 Å². The monoisotopic (exact) mass is 221 g/mol. The summed E-state index contributed by atoms with van der Waals surface area (Å²) >= 11 is 0. The predicted molar refractivity (Wildman–Crippen MR) is 65.0 cm³/mol. The Labute approximate surface area is 97.1 Å². The highest BCUT2D eigenvalue weighted by molar-refractivity contribution is 5.33. The summed E-state index contributed by atoms with van der Waals surface area (Å²) in [5, 5.41) is 3.42. The van der Waals surface area contributed by atoms with Gasteiger partial charge >= 0.3 is 0 Å². The Morgan fingerprint density at radius 3 is 2.88 bits per heavy atom. The standard InChI is InChI=1S/C14H20FN/c1-3-8-16-10-11-9-14(11,2)12-6-4-5-7-13(12)15/h4-7,11,16H,3,8-10H2,1-2H3. The molecule has 1 aliphatic carbocycles. The minimum Gasteiger partial charge on any atom is -0.316 e. The Morgan fingerprint density at radius 2 is 2.19 bits per heavy atom. The van der Waals surface area contributed by atoms with E-state index in [9.17, 15) is 4.39 Å². The van der Waals surface area contributed by atoms with Crippen molar-refractivity contribution in [3.63, 3.8) is 0 Å². The number of halogens is 1. The van der Waals surface area contributed by atoms with Gasteiger partial charge in [-0.15, -0.1) is 0 Å². The van der Waals surface area contributed by atoms with Crippen LogP contribution in [0, 0.1) is 11.7 Å². The zero-order chi connectivity index (χ0) is 11.6. The van der Waals surface area contributed by atoms with Crippen molar-refractivity contribution in [1.29, 1.82) is 0 Å². The summed E-state index contributed by atoms with van der Waals surface area (Å²) < 4.78 is 13.7. The molecule has 0 radical (unpaired) electrons. The number of rotatable bonds is 5. The molecule has 0 heterocycles. The fourth-order valence-corrected chi connectivity index (χ4v) is 2.46. The van der Waals surface area contributed by atoms with Gasteiger partial charge in [-0.25, -0.2) is 4.39 Å². The molecule has 2 rings (SSSR count). The summed E-state index contributed by atoms with van der Waals surface area (Å²) in [6.07, 6.45) is 2.26. The average Bonchev–Trinajstić information content (AvgIpc) is 2.92. The van der Waals surface area contributed by atoms with Crippen LogP contribution in [0.15, 0.2) is 24.3 Å². The number of hydrogen-bond acceptors (Lipinski definition) is 1. The van der Waals surface area contributed by atoms with E-state index in [1.807, 2.05) is 12.1 Å². The maximum Gasteiger partial charge on any atom is 0.126 e. The Balaban J connectivity index is 1.99. The van der Waals surface area contributed by atoms with Gasteiger partial charge in [-0.05, 0) is 48.9 Å². The van der Waals surface area contributed by atoms with E-state index in [-0.39, 0.29) is 11.2 Å². The van der Waals surface area contributed by atoms with Crippen molar-refractivity contribution in [3.05, 3.63) is 35.6 Å². The highest BCUT2D eigenvalue weighted by atomic mass is 19.1. The molecule has 0 spiro atoms. The molecular weight excluding hydrogens is 201 g/mol. The van der Waals surface area contributed by atoms with E-state index in [1.165, 1.54) is 0 Å². The van der Waals surface area contributed by atoms with Crippen LogP contribution in [0.25, 0.3) is 0 Å². The third kappa shape index (κ3) is 2.12. The fraction of sp³-hybridized carbons (Fsp3) is 0.571. The van der Waals surface area contributed by atoms with Crippen molar-refractivity contribution in [2.75, 3.05) is 13.1 Å². The molecule has 1 fully saturated rings. The largest absolute Gasteiger partial charge is 0.316 e. The van der Waals surface area contributed by atoms with Gasteiger partial charge in [0.2, 0.25) is 0 Å². The summed E-state index contributed by atoms with van der Waals surface area (Å²) in [4.78, 5) is 0. The molecule has 2 atom stereocenters. The minimum absolute atomic E-state index is 0.0528. The van der Waals surface area contributed by atoms with Crippen LogP contribution in [0.2, 0.25) is 0 Å². The molecule has 0 aliphatic heterocycles. The molecule has 0 aromatic heterocycles. The zero-order valence-electron chi connectivity index (χ0n) is 10.1. The van der Waals surface area contributed by atoms with Gasteiger partial charge in [0.15, 0.2) is 0 Å². The molecule has 2 unspecified atom stereocenters. The normalized spacial score (nSPS) is 28.1. The van der Waals surface area contributed by atoms with Crippen LogP contribution in [0.1, 0.15) is 32.3 Å². The lowest BCUT2D eigenvalue weighted by atomic mass is 9.95. The quantitative estimate of drug-likeness (QED) is 0.753. The first-order chi connectivity index (χ1) is 7.68. The number of benzene rings is 1. The van der Waals surface area contributed by atoms with Crippen LogP contribution in [0.5, 0.6) is 0 Å². The Kier molecular flexibility index (Phi) is 3.29. The fourth-order valence-electron chi connectivity index (χ4n) is 2.46. The molecule has 1 nitrogen and oxygen atoms in total. The average molecular weight is 221 g/mol. The Hall–Kier alpha value is -0.890. The van der Waals surface area contributed by atoms with E-state index in [0.717, 1.165) is 31.5 Å². The first-order valence-electron chi connectivity index (χ1n) is 6.14. The van der Waals surface area contributed by atoms with E-state index in [2.05, 4.69) is 19.2 Å². The number of hydrogen-bond donors (Lipinski definition) is 1. The Bertz CT molecular complexity index is 364. The Morgan fingerprint density at radius 1 is 1.44 bits per heavy atom. The van der Waals surface area contributed by atoms with Gasteiger partial charge in [0.1, 0.15) is 5.82 Å². The van der Waals surface area contributed by atoms with Crippen LogP contribution in [-0.4, -0.2) is 13.1 Å². The van der Waals surface area contributed by atoms with Crippen molar-refractivity contribution in [2.24, 2.45) is 5.92 Å². The first-order valence-corrected chi connectivity index (χ1v) is 6.14. The van der Waals surface area contributed by atoms with Gasteiger partial charge in [0, 0.05) is 0 Å². The van der Waals surface area contributed by atoms with Crippen LogP contribution >= 0.6 is 0 Å². The molecule has 2 heteroatoms. The van der Waals surface area contributed by atoms with Crippen molar-refractivity contribution in [3.8, 4) is 0 Å². The predicted octanol–water partition coefficient (Wildman–Crippen LogP) is 3.10. The van der Waals surface area contributed by atoms with Gasteiger partial charge in [-0.2, -0.15) is 0 Å². The maximum atomic E-state index is 13.7. The summed E-state index contributed by atoms with van der Waals surface area (Å²) in [5.74, 6) is 0.541. The highest BCUT2D eigenvalue weighted by Crippen LogP contribution is 2.54. The first kappa shape index (κ1) is 11.6. The molecule has 1 saturated carbocycles. The van der Waals surface area contributed by atoms with Crippen LogP contribution in [-0.2, 0) is 5.41 Å². The molecule has 88 valence electrons. The van der Waals surface area contributed by atoms with E-state index in [1.54, 1.807) is 12.1 Å². The topological polar surface area (TPSA) is 12.0 Å². The molecule has 1 aromatic rings. The van der Waals surface area contributed by atoms with Gasteiger partial charge in [-0.1, -0.05) is 32.0 Å². The van der Waals surface area contributed by atoms with Crippen LogP contribution in [0.3, 0.4) is 0 Å². The molecule has 0 saturated heterocycles. The lowest BCUT2D eigenvalue weighted by molar-refractivity contribution is 0.540. The molecule has 16 heavy (non-hydrogen) atoms. The molecule has 0 bridgehead atoms.